The summed E-state index contributed by atoms with van der Waals surface area (Å²) >= 11 is 0. The first-order chi connectivity index (χ1) is 6.11. The van der Waals surface area contributed by atoms with Crippen molar-refractivity contribution < 1.29 is 14.3 Å². The topological polar surface area (TPSA) is 37.3 Å². The Morgan fingerprint density at radius 2 is 2.23 bits per heavy atom. The molecular formula is C10H11FO2. The third-order valence-electron chi connectivity index (χ3n) is 1.99. The number of carboxylic acid groups (broad SMARTS) is 1. The van der Waals surface area contributed by atoms with Crippen molar-refractivity contribution in [2.75, 3.05) is 0 Å². The largest absolute Gasteiger partial charge is 0.481 e. The van der Waals surface area contributed by atoms with E-state index >= 15 is 0 Å². The maximum absolute atomic E-state index is 13.0. The minimum absolute atomic E-state index is 0.0459. The number of carboxylic acids is 1. The first kappa shape index (κ1) is 9.71. The predicted octanol–water partition coefficient (Wildman–Crippen LogP) is 2.15. The van der Waals surface area contributed by atoms with Crippen molar-refractivity contribution in [2.24, 2.45) is 0 Å². The molecule has 0 saturated carbocycles. The van der Waals surface area contributed by atoms with E-state index in [2.05, 4.69) is 0 Å². The van der Waals surface area contributed by atoms with Gasteiger partial charge in [-0.25, -0.2) is 4.39 Å². The molecule has 0 aliphatic carbocycles. The highest BCUT2D eigenvalue weighted by atomic mass is 19.1. The molecule has 0 bridgehead atoms. The normalized spacial score (nSPS) is 10.0. The van der Waals surface area contributed by atoms with E-state index in [9.17, 15) is 9.18 Å². The van der Waals surface area contributed by atoms with Crippen molar-refractivity contribution in [1.29, 1.82) is 0 Å². The van der Waals surface area contributed by atoms with E-state index in [4.69, 9.17) is 5.11 Å². The monoisotopic (exact) mass is 182 g/mol. The third kappa shape index (κ3) is 2.54. The van der Waals surface area contributed by atoms with E-state index in [1.807, 2.05) is 0 Å². The van der Waals surface area contributed by atoms with Gasteiger partial charge in [0.05, 0.1) is 0 Å². The van der Waals surface area contributed by atoms with Gasteiger partial charge in [0.2, 0.25) is 0 Å². The van der Waals surface area contributed by atoms with Crippen LogP contribution >= 0.6 is 0 Å². The molecule has 13 heavy (non-hydrogen) atoms. The summed E-state index contributed by atoms with van der Waals surface area (Å²) in [6, 6.07) is 4.72. The highest BCUT2D eigenvalue weighted by Crippen LogP contribution is 2.13. The van der Waals surface area contributed by atoms with Gasteiger partial charge in [0.1, 0.15) is 5.82 Å². The molecule has 0 fully saturated rings. The Labute approximate surface area is 76.0 Å². The zero-order valence-corrected chi connectivity index (χ0v) is 7.38. The van der Waals surface area contributed by atoms with E-state index < -0.39 is 5.97 Å². The van der Waals surface area contributed by atoms with Crippen LogP contribution in [0.15, 0.2) is 18.2 Å². The Kier molecular flexibility index (Phi) is 3.01. The lowest BCUT2D eigenvalue weighted by Gasteiger charge is -2.03. The van der Waals surface area contributed by atoms with Gasteiger partial charge in [0, 0.05) is 6.42 Å². The predicted molar refractivity (Wildman–Crippen MR) is 47.1 cm³/mol. The van der Waals surface area contributed by atoms with Crippen LogP contribution in [0.2, 0.25) is 0 Å². The van der Waals surface area contributed by atoms with Crippen molar-refractivity contribution >= 4 is 5.97 Å². The standard InChI is InChI=1S/C10H11FO2/c1-7-8(5-6-10(12)13)3-2-4-9(7)11/h2-4H,5-6H2,1H3,(H,12,13). The number of carbonyl (C=O) groups is 1. The number of aryl methyl sites for hydroxylation is 1. The molecule has 0 radical (unpaired) electrons. The fraction of sp³-hybridized carbons (Fsp3) is 0.300. The van der Waals surface area contributed by atoms with Gasteiger partial charge in [0.25, 0.3) is 0 Å². The molecule has 0 saturated heterocycles. The van der Waals surface area contributed by atoms with Crippen LogP contribution in [0, 0.1) is 12.7 Å². The number of rotatable bonds is 3. The summed E-state index contributed by atoms with van der Waals surface area (Å²) in [4.78, 5) is 10.3. The lowest BCUT2D eigenvalue weighted by Crippen LogP contribution is -1.99. The molecule has 1 N–H and O–H groups in total. The van der Waals surface area contributed by atoms with Crippen LogP contribution in [0.1, 0.15) is 17.5 Å². The third-order valence-corrected chi connectivity index (χ3v) is 1.99. The molecule has 70 valence electrons. The molecule has 3 heteroatoms. The molecule has 1 rings (SSSR count). The fourth-order valence-electron chi connectivity index (χ4n) is 1.16. The molecule has 0 heterocycles. The molecule has 2 nitrogen and oxygen atoms in total. The first-order valence-corrected chi connectivity index (χ1v) is 4.07. The quantitative estimate of drug-likeness (QED) is 0.777. The average molecular weight is 182 g/mol. The van der Waals surface area contributed by atoms with Gasteiger partial charge in [-0.15, -0.1) is 0 Å². The Balaban J connectivity index is 2.77. The second-order valence-corrected chi connectivity index (χ2v) is 2.92. The van der Waals surface area contributed by atoms with Gasteiger partial charge in [-0.05, 0) is 30.5 Å². The first-order valence-electron chi connectivity index (χ1n) is 4.07. The number of aliphatic carboxylic acids is 1. The summed E-state index contributed by atoms with van der Waals surface area (Å²) in [6.07, 6.45) is 0.434. The van der Waals surface area contributed by atoms with E-state index in [1.54, 1.807) is 19.1 Å². The van der Waals surface area contributed by atoms with Crippen molar-refractivity contribution in [3.63, 3.8) is 0 Å². The Bertz CT molecular complexity index is 321. The molecular weight excluding hydrogens is 171 g/mol. The zero-order chi connectivity index (χ0) is 9.84. The molecule has 1 aromatic carbocycles. The Morgan fingerprint density at radius 1 is 1.54 bits per heavy atom. The summed E-state index contributed by atoms with van der Waals surface area (Å²) in [5.74, 6) is -1.13. The minimum atomic E-state index is -0.858. The van der Waals surface area contributed by atoms with Crippen LogP contribution in [0.3, 0.4) is 0 Å². The van der Waals surface area contributed by atoms with Crippen LogP contribution in [0.25, 0.3) is 0 Å². The van der Waals surface area contributed by atoms with E-state index in [0.29, 0.717) is 12.0 Å². The van der Waals surface area contributed by atoms with Gasteiger partial charge < -0.3 is 5.11 Å². The maximum atomic E-state index is 13.0. The summed E-state index contributed by atoms with van der Waals surface area (Å²) in [6.45, 7) is 1.66. The van der Waals surface area contributed by atoms with Crippen LogP contribution < -0.4 is 0 Å². The highest BCUT2D eigenvalue weighted by Gasteiger charge is 2.04. The van der Waals surface area contributed by atoms with Gasteiger partial charge in [-0.2, -0.15) is 0 Å². The van der Waals surface area contributed by atoms with Crippen molar-refractivity contribution in [3.05, 3.63) is 35.1 Å². The number of halogens is 1. The van der Waals surface area contributed by atoms with Crippen LogP contribution in [-0.4, -0.2) is 11.1 Å². The minimum Gasteiger partial charge on any atom is -0.481 e. The number of hydrogen-bond donors (Lipinski definition) is 1. The van der Waals surface area contributed by atoms with E-state index in [0.717, 1.165) is 5.56 Å². The smallest absolute Gasteiger partial charge is 0.303 e. The van der Waals surface area contributed by atoms with E-state index in [-0.39, 0.29) is 12.2 Å². The lowest BCUT2D eigenvalue weighted by molar-refractivity contribution is -0.136. The lowest BCUT2D eigenvalue weighted by atomic mass is 10.0. The molecule has 0 atom stereocenters. The van der Waals surface area contributed by atoms with E-state index in [1.165, 1.54) is 6.07 Å². The molecule has 0 aromatic heterocycles. The zero-order valence-electron chi connectivity index (χ0n) is 7.38. The highest BCUT2D eigenvalue weighted by molar-refractivity contribution is 5.67. The number of hydrogen-bond acceptors (Lipinski definition) is 1. The number of benzene rings is 1. The SMILES string of the molecule is Cc1c(F)cccc1CCC(=O)O. The summed E-state index contributed by atoms with van der Waals surface area (Å²) in [7, 11) is 0. The Morgan fingerprint density at radius 3 is 2.85 bits per heavy atom. The molecule has 0 amide bonds. The second kappa shape index (κ2) is 4.03. The van der Waals surface area contributed by atoms with Gasteiger partial charge in [-0.1, -0.05) is 12.1 Å². The molecule has 0 spiro atoms. The van der Waals surface area contributed by atoms with Gasteiger partial charge in [-0.3, -0.25) is 4.79 Å². The van der Waals surface area contributed by atoms with Crippen LogP contribution in [0.4, 0.5) is 4.39 Å². The summed E-state index contributed by atoms with van der Waals surface area (Å²) < 4.78 is 13.0. The van der Waals surface area contributed by atoms with Crippen LogP contribution in [-0.2, 0) is 11.2 Å². The maximum Gasteiger partial charge on any atom is 0.303 e. The molecule has 0 aliphatic rings. The van der Waals surface area contributed by atoms with Crippen molar-refractivity contribution in [1.82, 2.24) is 0 Å². The van der Waals surface area contributed by atoms with Gasteiger partial charge in [0.15, 0.2) is 0 Å². The average Bonchev–Trinajstić information content (AvgIpc) is 2.07. The van der Waals surface area contributed by atoms with Crippen LogP contribution in [0.5, 0.6) is 0 Å². The molecule has 1 aromatic rings. The van der Waals surface area contributed by atoms with Gasteiger partial charge >= 0.3 is 5.97 Å². The summed E-state index contributed by atoms with van der Waals surface area (Å²) in [5, 5.41) is 8.44. The molecule has 0 aliphatic heterocycles. The Hall–Kier alpha value is -1.38. The molecule has 0 unspecified atom stereocenters. The fourth-order valence-corrected chi connectivity index (χ4v) is 1.16. The van der Waals surface area contributed by atoms with Crippen molar-refractivity contribution in [3.8, 4) is 0 Å². The van der Waals surface area contributed by atoms with Crippen molar-refractivity contribution in [2.45, 2.75) is 19.8 Å². The summed E-state index contributed by atoms with van der Waals surface area (Å²) in [5.41, 5.74) is 1.31. The second-order valence-electron chi connectivity index (χ2n) is 2.92.